The summed E-state index contributed by atoms with van der Waals surface area (Å²) in [5.41, 5.74) is 1.57. The molecule has 0 aliphatic heterocycles. The molecular weight excluding hydrogens is 308 g/mol. The van der Waals surface area contributed by atoms with Crippen molar-refractivity contribution in [1.29, 1.82) is 0 Å². The second-order valence-electron chi connectivity index (χ2n) is 5.00. The number of carbonyl (C=O) groups excluding carboxylic acids is 1. The molecule has 2 aromatic carbocycles. The Morgan fingerprint density at radius 2 is 1.50 bits per heavy atom. The summed E-state index contributed by atoms with van der Waals surface area (Å²) >= 11 is 0. The predicted molar refractivity (Wildman–Crippen MR) is 93.9 cm³/mol. The highest BCUT2D eigenvalue weighted by molar-refractivity contribution is 5.93. The average Bonchev–Trinajstić information content (AvgIpc) is 2.62. The third kappa shape index (κ3) is 5.81. The molecule has 2 rings (SSSR count). The van der Waals surface area contributed by atoms with Crippen LogP contribution < -0.4 is 20.1 Å². The lowest BCUT2D eigenvalue weighted by atomic mass is 10.3. The van der Waals surface area contributed by atoms with Crippen molar-refractivity contribution in [2.75, 3.05) is 44.6 Å². The van der Waals surface area contributed by atoms with Gasteiger partial charge in [-0.3, -0.25) is 4.79 Å². The third-order valence-corrected chi connectivity index (χ3v) is 3.24. The minimum atomic E-state index is -0.126. The van der Waals surface area contributed by atoms with Crippen LogP contribution in [0.1, 0.15) is 0 Å². The summed E-state index contributed by atoms with van der Waals surface area (Å²) in [6.07, 6.45) is 0. The Morgan fingerprint density at radius 3 is 2.12 bits per heavy atom. The van der Waals surface area contributed by atoms with E-state index in [-0.39, 0.29) is 12.5 Å². The number of nitrogens with one attached hydrogen (secondary N) is 2. The van der Waals surface area contributed by atoms with E-state index in [0.29, 0.717) is 13.2 Å². The molecule has 128 valence electrons. The zero-order valence-corrected chi connectivity index (χ0v) is 13.9. The van der Waals surface area contributed by atoms with Crippen molar-refractivity contribution in [3.8, 4) is 11.5 Å². The molecule has 0 radical (unpaired) electrons. The maximum Gasteiger partial charge on any atom is 0.243 e. The van der Waals surface area contributed by atoms with Gasteiger partial charge >= 0.3 is 0 Å². The van der Waals surface area contributed by atoms with Crippen molar-refractivity contribution in [3.63, 3.8) is 0 Å². The number of hydrogen-bond donors (Lipinski definition) is 2. The highest BCUT2D eigenvalue weighted by atomic mass is 16.5. The first-order valence-corrected chi connectivity index (χ1v) is 7.61. The van der Waals surface area contributed by atoms with E-state index in [2.05, 4.69) is 10.6 Å². The van der Waals surface area contributed by atoms with E-state index in [1.165, 1.54) is 0 Å². The highest BCUT2D eigenvalue weighted by Gasteiger charge is 2.03. The fourth-order valence-electron chi connectivity index (χ4n) is 1.97. The van der Waals surface area contributed by atoms with Crippen LogP contribution in [0.4, 0.5) is 11.4 Å². The largest absolute Gasteiger partial charge is 0.497 e. The number of methoxy groups -OCH3 is 2. The van der Waals surface area contributed by atoms with Gasteiger partial charge in [0.05, 0.1) is 20.3 Å². The number of amides is 1. The predicted octanol–water partition coefficient (Wildman–Crippen LogP) is 2.77. The molecule has 1 amide bonds. The normalized spacial score (nSPS) is 10.1. The second kappa shape index (κ2) is 9.42. The van der Waals surface area contributed by atoms with Crippen LogP contribution in [0.2, 0.25) is 0 Å². The van der Waals surface area contributed by atoms with E-state index in [4.69, 9.17) is 14.2 Å². The summed E-state index contributed by atoms with van der Waals surface area (Å²) in [4.78, 5) is 12.0. The Bertz CT molecular complexity index is 626. The van der Waals surface area contributed by atoms with Gasteiger partial charge in [-0.15, -0.1) is 0 Å². The smallest absolute Gasteiger partial charge is 0.243 e. The first kappa shape index (κ1) is 17.6. The van der Waals surface area contributed by atoms with Gasteiger partial charge in [-0.05, 0) is 48.5 Å². The van der Waals surface area contributed by atoms with Gasteiger partial charge in [0.2, 0.25) is 5.91 Å². The number of hydrogen-bond acceptors (Lipinski definition) is 5. The summed E-state index contributed by atoms with van der Waals surface area (Å²) in [5.74, 6) is 1.39. The summed E-state index contributed by atoms with van der Waals surface area (Å²) in [6, 6.07) is 14.6. The van der Waals surface area contributed by atoms with Gasteiger partial charge in [0.1, 0.15) is 18.1 Å². The fourth-order valence-corrected chi connectivity index (χ4v) is 1.97. The first-order valence-electron chi connectivity index (χ1n) is 7.61. The minimum absolute atomic E-state index is 0.126. The molecule has 0 bridgehead atoms. The van der Waals surface area contributed by atoms with Gasteiger partial charge in [-0.25, -0.2) is 0 Å². The first-order chi connectivity index (χ1) is 11.7. The molecule has 0 aliphatic carbocycles. The molecule has 0 aliphatic rings. The quantitative estimate of drug-likeness (QED) is 0.692. The number of benzene rings is 2. The molecule has 6 heteroatoms. The molecule has 0 atom stereocenters. The standard InChI is InChI=1S/C18H22N2O4/c1-22-11-12-24-17-9-5-15(6-10-17)20-18(21)13-19-14-3-7-16(23-2)8-4-14/h3-10,19H,11-13H2,1-2H3,(H,20,21). The lowest BCUT2D eigenvalue weighted by molar-refractivity contribution is -0.114. The maximum absolute atomic E-state index is 12.0. The van der Waals surface area contributed by atoms with Crippen LogP contribution in [0.15, 0.2) is 48.5 Å². The van der Waals surface area contributed by atoms with Crippen molar-refractivity contribution in [2.45, 2.75) is 0 Å². The average molecular weight is 330 g/mol. The van der Waals surface area contributed by atoms with Crippen molar-refractivity contribution in [2.24, 2.45) is 0 Å². The molecule has 0 saturated carbocycles. The topological polar surface area (TPSA) is 68.8 Å². The van der Waals surface area contributed by atoms with Gasteiger partial charge in [0.25, 0.3) is 0 Å². The second-order valence-corrected chi connectivity index (χ2v) is 5.00. The number of ether oxygens (including phenoxy) is 3. The highest BCUT2D eigenvalue weighted by Crippen LogP contribution is 2.16. The van der Waals surface area contributed by atoms with Crippen molar-refractivity contribution in [3.05, 3.63) is 48.5 Å². The van der Waals surface area contributed by atoms with Crippen molar-refractivity contribution in [1.82, 2.24) is 0 Å². The van der Waals surface area contributed by atoms with Crippen LogP contribution in [0.25, 0.3) is 0 Å². The zero-order chi connectivity index (χ0) is 17.2. The summed E-state index contributed by atoms with van der Waals surface area (Å²) in [6.45, 7) is 1.21. The molecule has 2 aromatic rings. The van der Waals surface area contributed by atoms with E-state index in [1.807, 2.05) is 36.4 Å². The van der Waals surface area contributed by atoms with Crippen LogP contribution in [0.3, 0.4) is 0 Å². The summed E-state index contributed by atoms with van der Waals surface area (Å²) in [5, 5.41) is 5.88. The molecule has 6 nitrogen and oxygen atoms in total. The molecule has 0 fully saturated rings. The minimum Gasteiger partial charge on any atom is -0.497 e. The Labute approximate surface area is 141 Å². The number of rotatable bonds is 9. The maximum atomic E-state index is 12.0. The Kier molecular flexibility index (Phi) is 6.91. The van der Waals surface area contributed by atoms with Crippen LogP contribution in [-0.4, -0.2) is 39.9 Å². The molecular formula is C18H22N2O4. The van der Waals surface area contributed by atoms with Gasteiger partial charge < -0.3 is 24.8 Å². The van der Waals surface area contributed by atoms with E-state index >= 15 is 0 Å². The van der Waals surface area contributed by atoms with E-state index in [9.17, 15) is 4.79 Å². The molecule has 24 heavy (non-hydrogen) atoms. The van der Waals surface area contributed by atoms with Gasteiger partial charge in [-0.1, -0.05) is 0 Å². The monoisotopic (exact) mass is 330 g/mol. The molecule has 0 spiro atoms. The van der Waals surface area contributed by atoms with E-state index in [1.54, 1.807) is 26.4 Å². The third-order valence-electron chi connectivity index (χ3n) is 3.24. The Morgan fingerprint density at radius 1 is 0.875 bits per heavy atom. The van der Waals surface area contributed by atoms with Crippen LogP contribution in [0.5, 0.6) is 11.5 Å². The van der Waals surface area contributed by atoms with E-state index < -0.39 is 0 Å². The van der Waals surface area contributed by atoms with Crippen LogP contribution in [-0.2, 0) is 9.53 Å². The lowest BCUT2D eigenvalue weighted by Crippen LogP contribution is -2.21. The van der Waals surface area contributed by atoms with Gasteiger partial charge in [-0.2, -0.15) is 0 Å². The number of anilines is 2. The van der Waals surface area contributed by atoms with Crippen molar-refractivity contribution >= 4 is 17.3 Å². The van der Waals surface area contributed by atoms with Gasteiger partial charge in [0, 0.05) is 18.5 Å². The number of carbonyl (C=O) groups is 1. The SMILES string of the molecule is COCCOc1ccc(NC(=O)CNc2ccc(OC)cc2)cc1. The Balaban J connectivity index is 1.76. The molecule has 2 N–H and O–H groups in total. The van der Waals surface area contributed by atoms with Crippen LogP contribution >= 0.6 is 0 Å². The fraction of sp³-hybridized carbons (Fsp3) is 0.278. The summed E-state index contributed by atoms with van der Waals surface area (Å²) < 4.78 is 15.5. The van der Waals surface area contributed by atoms with E-state index in [0.717, 1.165) is 22.9 Å². The lowest BCUT2D eigenvalue weighted by Gasteiger charge is -2.09. The Hall–Kier alpha value is -2.73. The molecule has 0 saturated heterocycles. The van der Waals surface area contributed by atoms with Gasteiger partial charge in [0.15, 0.2) is 0 Å². The summed E-state index contributed by atoms with van der Waals surface area (Å²) in [7, 11) is 3.24. The zero-order valence-electron chi connectivity index (χ0n) is 13.9. The molecule has 0 unspecified atom stereocenters. The van der Waals surface area contributed by atoms with Crippen LogP contribution in [0, 0.1) is 0 Å². The molecule has 0 aromatic heterocycles. The molecule has 0 heterocycles. The van der Waals surface area contributed by atoms with Crippen molar-refractivity contribution < 1.29 is 19.0 Å².